The first-order chi connectivity index (χ1) is 8.99. The number of hydrogen-bond acceptors (Lipinski definition) is 4. The van der Waals surface area contributed by atoms with Gasteiger partial charge < -0.3 is 10.4 Å². The zero-order valence-corrected chi connectivity index (χ0v) is 12.4. The highest BCUT2D eigenvalue weighted by atomic mass is 32.1. The van der Waals surface area contributed by atoms with Crippen molar-refractivity contribution in [3.63, 3.8) is 0 Å². The number of thiazole rings is 1. The van der Waals surface area contributed by atoms with Gasteiger partial charge >= 0.3 is 0 Å². The Hall–Kier alpha value is -1.39. The van der Waals surface area contributed by atoms with E-state index in [0.29, 0.717) is 0 Å². The van der Waals surface area contributed by atoms with Crippen LogP contribution in [-0.2, 0) is 18.6 Å². The van der Waals surface area contributed by atoms with Crippen LogP contribution in [0, 0.1) is 0 Å². The molecule has 1 aromatic carbocycles. The van der Waals surface area contributed by atoms with E-state index in [1.165, 1.54) is 4.88 Å². The van der Waals surface area contributed by atoms with E-state index >= 15 is 0 Å². The second kappa shape index (κ2) is 5.72. The molecule has 0 bridgehead atoms. The van der Waals surface area contributed by atoms with Crippen molar-refractivity contribution >= 4 is 17.0 Å². The lowest BCUT2D eigenvalue weighted by atomic mass is 9.98. The van der Waals surface area contributed by atoms with Gasteiger partial charge in [0.15, 0.2) is 0 Å². The molecule has 1 heterocycles. The zero-order valence-electron chi connectivity index (χ0n) is 11.6. The van der Waals surface area contributed by atoms with Crippen LogP contribution in [0.25, 0.3) is 0 Å². The quantitative estimate of drug-likeness (QED) is 0.897. The first kappa shape index (κ1) is 14.0. The third kappa shape index (κ3) is 3.78. The van der Waals surface area contributed by atoms with E-state index in [2.05, 4.69) is 31.1 Å². The predicted molar refractivity (Wildman–Crippen MR) is 80.5 cm³/mol. The average molecular weight is 276 g/mol. The Kier molecular flexibility index (Phi) is 4.22. The number of aliphatic hydroxyl groups excluding tert-OH is 1. The zero-order chi connectivity index (χ0) is 13.9. The van der Waals surface area contributed by atoms with E-state index in [9.17, 15) is 0 Å². The first-order valence-corrected chi connectivity index (χ1v) is 7.19. The summed E-state index contributed by atoms with van der Waals surface area (Å²) in [6.45, 7) is 7.36. The molecule has 19 heavy (non-hydrogen) atoms. The molecule has 0 fully saturated rings. The second-order valence-corrected chi connectivity index (χ2v) is 6.71. The molecule has 0 aliphatic carbocycles. The summed E-state index contributed by atoms with van der Waals surface area (Å²) in [5.41, 5.74) is 2.06. The average Bonchev–Trinajstić information content (AvgIpc) is 2.85. The van der Waals surface area contributed by atoms with Crippen LogP contribution in [0.4, 0.5) is 5.69 Å². The number of aliphatic hydroxyl groups is 1. The number of aromatic nitrogens is 1. The number of benzene rings is 1. The molecule has 0 aliphatic rings. The van der Waals surface area contributed by atoms with E-state index in [1.807, 2.05) is 30.5 Å². The molecule has 0 spiro atoms. The SMILES string of the molecule is CC(C)(C)c1ncc(CNc2cccc(CO)c2)s1. The van der Waals surface area contributed by atoms with Gasteiger partial charge in [-0.15, -0.1) is 11.3 Å². The van der Waals surface area contributed by atoms with Gasteiger partial charge in [0, 0.05) is 22.2 Å². The molecule has 0 saturated heterocycles. The third-order valence-electron chi connectivity index (χ3n) is 2.77. The van der Waals surface area contributed by atoms with Gasteiger partial charge in [-0.05, 0) is 17.7 Å². The Morgan fingerprint density at radius 3 is 2.74 bits per heavy atom. The van der Waals surface area contributed by atoms with Crippen LogP contribution in [-0.4, -0.2) is 10.1 Å². The molecule has 102 valence electrons. The number of nitrogens with one attached hydrogen (secondary N) is 1. The fraction of sp³-hybridized carbons (Fsp3) is 0.400. The van der Waals surface area contributed by atoms with Crippen molar-refractivity contribution in [2.24, 2.45) is 0 Å². The van der Waals surface area contributed by atoms with Crippen LogP contribution in [0.5, 0.6) is 0 Å². The Morgan fingerprint density at radius 1 is 1.32 bits per heavy atom. The fourth-order valence-corrected chi connectivity index (χ4v) is 2.61. The molecule has 3 nitrogen and oxygen atoms in total. The van der Waals surface area contributed by atoms with E-state index in [-0.39, 0.29) is 12.0 Å². The van der Waals surface area contributed by atoms with Crippen LogP contribution in [0.1, 0.15) is 36.2 Å². The van der Waals surface area contributed by atoms with Gasteiger partial charge in [0.05, 0.1) is 18.2 Å². The molecule has 0 saturated carbocycles. The summed E-state index contributed by atoms with van der Waals surface area (Å²) in [5.74, 6) is 0. The Labute approximate surface area is 118 Å². The highest BCUT2D eigenvalue weighted by molar-refractivity contribution is 7.11. The first-order valence-electron chi connectivity index (χ1n) is 6.38. The fourth-order valence-electron chi connectivity index (χ4n) is 1.70. The summed E-state index contributed by atoms with van der Waals surface area (Å²) in [5, 5.41) is 13.6. The molecular weight excluding hydrogens is 256 g/mol. The summed E-state index contributed by atoms with van der Waals surface area (Å²) < 4.78 is 0. The molecule has 2 N–H and O–H groups in total. The molecule has 0 radical (unpaired) electrons. The van der Waals surface area contributed by atoms with Gasteiger partial charge in [-0.25, -0.2) is 4.98 Å². The topological polar surface area (TPSA) is 45.2 Å². The normalized spacial score (nSPS) is 11.6. The molecule has 0 amide bonds. The van der Waals surface area contributed by atoms with Crippen LogP contribution in [0.3, 0.4) is 0 Å². The van der Waals surface area contributed by atoms with Crippen LogP contribution in [0.15, 0.2) is 30.5 Å². The van der Waals surface area contributed by atoms with E-state index in [1.54, 1.807) is 11.3 Å². The lowest BCUT2D eigenvalue weighted by Gasteiger charge is -2.13. The Morgan fingerprint density at radius 2 is 2.11 bits per heavy atom. The smallest absolute Gasteiger partial charge is 0.0981 e. The van der Waals surface area contributed by atoms with Crippen molar-refractivity contribution in [2.75, 3.05) is 5.32 Å². The number of rotatable bonds is 4. The van der Waals surface area contributed by atoms with Crippen LogP contribution < -0.4 is 5.32 Å². The molecule has 0 atom stereocenters. The Bertz CT molecular complexity index is 543. The third-order valence-corrected chi connectivity index (χ3v) is 4.19. The number of nitrogens with zero attached hydrogens (tertiary/aromatic N) is 1. The molecule has 0 unspecified atom stereocenters. The van der Waals surface area contributed by atoms with Gasteiger partial charge in [0.1, 0.15) is 0 Å². The number of anilines is 1. The van der Waals surface area contributed by atoms with Crippen molar-refractivity contribution in [2.45, 2.75) is 39.3 Å². The van der Waals surface area contributed by atoms with E-state index in [4.69, 9.17) is 5.11 Å². The van der Waals surface area contributed by atoms with Gasteiger partial charge in [-0.2, -0.15) is 0 Å². The van der Waals surface area contributed by atoms with E-state index < -0.39 is 0 Å². The second-order valence-electron chi connectivity index (χ2n) is 5.59. The van der Waals surface area contributed by atoms with Crippen molar-refractivity contribution in [3.05, 3.63) is 45.9 Å². The minimum atomic E-state index is 0.0737. The monoisotopic (exact) mass is 276 g/mol. The van der Waals surface area contributed by atoms with Gasteiger partial charge in [-0.3, -0.25) is 0 Å². The Balaban J connectivity index is 2.00. The maximum Gasteiger partial charge on any atom is 0.0981 e. The summed E-state index contributed by atoms with van der Waals surface area (Å²) in [6, 6.07) is 7.83. The van der Waals surface area contributed by atoms with E-state index in [0.717, 1.165) is 22.8 Å². The number of hydrogen-bond donors (Lipinski definition) is 2. The molecule has 0 aliphatic heterocycles. The summed E-state index contributed by atoms with van der Waals surface area (Å²) in [7, 11) is 0. The molecule has 4 heteroatoms. The van der Waals surface area contributed by atoms with Crippen molar-refractivity contribution in [1.29, 1.82) is 0 Å². The standard InChI is InChI=1S/C15H20N2OS/c1-15(2,3)14-17-9-13(19-14)8-16-12-6-4-5-11(7-12)10-18/h4-7,9,16,18H,8,10H2,1-3H3. The van der Waals surface area contributed by atoms with Crippen molar-refractivity contribution < 1.29 is 5.11 Å². The summed E-state index contributed by atoms with van der Waals surface area (Å²) in [6.07, 6.45) is 1.94. The van der Waals surface area contributed by atoms with Crippen LogP contribution >= 0.6 is 11.3 Å². The van der Waals surface area contributed by atoms with Crippen molar-refractivity contribution in [1.82, 2.24) is 4.98 Å². The molecule has 1 aromatic heterocycles. The van der Waals surface area contributed by atoms with Gasteiger partial charge in [0.2, 0.25) is 0 Å². The van der Waals surface area contributed by atoms with Gasteiger partial charge in [-0.1, -0.05) is 32.9 Å². The maximum absolute atomic E-state index is 9.10. The lowest BCUT2D eigenvalue weighted by molar-refractivity contribution is 0.282. The maximum atomic E-state index is 9.10. The highest BCUT2D eigenvalue weighted by Crippen LogP contribution is 2.27. The largest absolute Gasteiger partial charge is 0.392 e. The van der Waals surface area contributed by atoms with Crippen LogP contribution in [0.2, 0.25) is 0 Å². The minimum Gasteiger partial charge on any atom is -0.392 e. The summed E-state index contributed by atoms with van der Waals surface area (Å²) in [4.78, 5) is 5.69. The highest BCUT2D eigenvalue weighted by Gasteiger charge is 2.17. The summed E-state index contributed by atoms with van der Waals surface area (Å²) >= 11 is 1.75. The predicted octanol–water partition coefficient (Wildman–Crippen LogP) is 3.55. The molecular formula is C15H20N2OS. The lowest BCUT2D eigenvalue weighted by Crippen LogP contribution is -2.09. The molecule has 2 aromatic rings. The van der Waals surface area contributed by atoms with Crippen molar-refractivity contribution in [3.8, 4) is 0 Å². The van der Waals surface area contributed by atoms with Gasteiger partial charge in [0.25, 0.3) is 0 Å². The minimum absolute atomic E-state index is 0.0737. The molecule has 2 rings (SSSR count).